The second kappa shape index (κ2) is 8.62. The summed E-state index contributed by atoms with van der Waals surface area (Å²) in [5, 5.41) is 24.2. The number of carbonyl (C=O) groups excluding carboxylic acids is 1. The van der Waals surface area contributed by atoms with Crippen molar-refractivity contribution in [1.29, 1.82) is 0 Å². The van der Waals surface area contributed by atoms with Crippen molar-refractivity contribution in [3.05, 3.63) is 52.3 Å². The van der Waals surface area contributed by atoms with Crippen LogP contribution in [0.4, 0.5) is 15.8 Å². The molecule has 2 aromatic carbocycles. The van der Waals surface area contributed by atoms with Gasteiger partial charge >= 0.3 is 0 Å². The highest BCUT2D eigenvalue weighted by Crippen LogP contribution is 2.34. The largest absolute Gasteiger partial charge is 0.490 e. The number of anilines is 2. The van der Waals surface area contributed by atoms with Crippen LogP contribution in [0.15, 0.2) is 40.9 Å². The highest BCUT2D eigenvalue weighted by Gasteiger charge is 2.42. The monoisotopic (exact) mass is 528 g/mol. The molecule has 0 spiro atoms. The van der Waals surface area contributed by atoms with Crippen molar-refractivity contribution in [1.82, 2.24) is 0 Å². The van der Waals surface area contributed by atoms with Crippen molar-refractivity contribution in [2.45, 2.75) is 23.9 Å². The summed E-state index contributed by atoms with van der Waals surface area (Å²) >= 11 is 3.21. The van der Waals surface area contributed by atoms with Gasteiger partial charge in [-0.1, -0.05) is 22.0 Å². The minimum atomic E-state index is -3.67. The molecule has 0 aliphatic carbocycles. The molecular weight excluding hydrogens is 507 g/mol. The highest BCUT2D eigenvalue weighted by atomic mass is 79.9. The number of hydrogen-bond donors (Lipinski definition) is 3. The van der Waals surface area contributed by atoms with E-state index in [1.165, 1.54) is 6.07 Å². The molecule has 2 aliphatic heterocycles. The Bertz CT molecular complexity index is 1160. The van der Waals surface area contributed by atoms with Gasteiger partial charge in [0.25, 0.3) is 0 Å². The van der Waals surface area contributed by atoms with Gasteiger partial charge in [0.05, 0.1) is 11.4 Å². The van der Waals surface area contributed by atoms with Gasteiger partial charge in [-0.15, -0.1) is 0 Å². The van der Waals surface area contributed by atoms with Crippen LogP contribution in [0.5, 0.6) is 5.75 Å². The Balaban J connectivity index is 1.49. The second-order valence-corrected chi connectivity index (χ2v) is 11.0. The average Bonchev–Trinajstić information content (AvgIpc) is 2.82. The third-order valence-electron chi connectivity index (χ3n) is 5.68. The molecule has 0 bridgehead atoms. The number of nitrogens with one attached hydrogen (secondary N) is 1. The molecule has 2 aliphatic rings. The molecule has 172 valence electrons. The number of benzene rings is 2. The third-order valence-corrected chi connectivity index (χ3v) is 7.60. The lowest BCUT2D eigenvalue weighted by Gasteiger charge is -2.42. The fourth-order valence-corrected chi connectivity index (χ4v) is 5.56. The van der Waals surface area contributed by atoms with Gasteiger partial charge in [-0.2, -0.15) is 0 Å². The fourth-order valence-electron chi connectivity index (χ4n) is 3.92. The quantitative estimate of drug-likeness (QED) is 0.554. The number of fused-ring (bicyclic) bond motifs is 1. The topological polar surface area (TPSA) is 116 Å². The van der Waals surface area contributed by atoms with Gasteiger partial charge in [0.15, 0.2) is 9.84 Å². The molecule has 1 amide bonds. The Morgan fingerprint density at radius 3 is 2.78 bits per heavy atom. The van der Waals surface area contributed by atoms with Crippen LogP contribution in [0, 0.1) is 5.82 Å². The zero-order valence-corrected chi connectivity index (χ0v) is 19.3. The molecule has 3 N–H and O–H groups in total. The highest BCUT2D eigenvalue weighted by molar-refractivity contribution is 9.10. The molecule has 8 nitrogen and oxygen atoms in total. The minimum absolute atomic E-state index is 0.00422. The Hall–Kier alpha value is -2.21. The summed E-state index contributed by atoms with van der Waals surface area (Å²) in [6.07, 6.45) is -1.13. The minimum Gasteiger partial charge on any atom is -0.490 e. The first-order chi connectivity index (χ1) is 15.1. The number of sulfone groups is 1. The first-order valence-corrected chi connectivity index (χ1v) is 12.5. The maximum absolute atomic E-state index is 14.3. The Labute approximate surface area is 193 Å². The molecule has 1 fully saturated rings. The average molecular weight is 529 g/mol. The number of rotatable bonds is 4. The summed E-state index contributed by atoms with van der Waals surface area (Å²) in [7, 11) is -3.67. The molecule has 2 aromatic rings. The number of aliphatic hydroxyl groups excluding tert-OH is 1. The van der Waals surface area contributed by atoms with Gasteiger partial charge in [0.1, 0.15) is 35.6 Å². The van der Waals surface area contributed by atoms with E-state index in [0.29, 0.717) is 21.4 Å². The van der Waals surface area contributed by atoms with Crippen molar-refractivity contribution in [2.75, 3.05) is 35.7 Å². The lowest BCUT2D eigenvalue weighted by atomic mass is 9.89. The van der Waals surface area contributed by atoms with Gasteiger partial charge in [0, 0.05) is 28.8 Å². The Kier molecular flexibility index (Phi) is 6.19. The number of piperidine rings is 1. The molecule has 11 heteroatoms. The zero-order valence-electron chi connectivity index (χ0n) is 16.9. The SMILES string of the molecule is O=C1CS(=O)(=O)Cc2c(cccc2OC[C@]2(O)CCN(c3ccc(Br)cc3F)C[C@H]2O)N1. The number of carbonyl (C=O) groups is 1. The molecule has 32 heavy (non-hydrogen) atoms. The summed E-state index contributed by atoms with van der Waals surface area (Å²) in [6, 6.07) is 9.36. The van der Waals surface area contributed by atoms with Crippen molar-refractivity contribution < 1.29 is 32.6 Å². The van der Waals surface area contributed by atoms with E-state index in [1.54, 1.807) is 35.2 Å². The van der Waals surface area contributed by atoms with Crippen molar-refractivity contribution in [3.63, 3.8) is 0 Å². The lowest BCUT2D eigenvalue weighted by Crippen LogP contribution is -2.58. The predicted octanol–water partition coefficient (Wildman–Crippen LogP) is 1.84. The van der Waals surface area contributed by atoms with Crippen LogP contribution in [-0.2, 0) is 20.4 Å². The molecule has 2 atom stereocenters. The summed E-state index contributed by atoms with van der Waals surface area (Å²) in [5.41, 5.74) is -0.658. The number of amides is 1. The summed E-state index contributed by atoms with van der Waals surface area (Å²) in [6.45, 7) is -0.0160. The van der Waals surface area contributed by atoms with Crippen LogP contribution < -0.4 is 15.0 Å². The number of nitrogens with zero attached hydrogens (tertiary/aromatic N) is 1. The van der Waals surface area contributed by atoms with Crippen LogP contribution in [-0.4, -0.2) is 61.7 Å². The first-order valence-electron chi connectivity index (χ1n) is 9.92. The van der Waals surface area contributed by atoms with Crippen LogP contribution in [0.2, 0.25) is 0 Å². The standard InChI is InChI=1S/C21H22BrFN2O6S/c22-13-4-5-17(15(23)8-13)25-7-6-21(28,19(26)9-25)12-31-18-3-1-2-16-14(18)10-32(29,30)11-20(27)24-16/h1-5,8,19,26,28H,6-7,9-12H2,(H,24,27)/t19-,21-/m1/s1. The van der Waals surface area contributed by atoms with Crippen LogP contribution in [0.25, 0.3) is 0 Å². The maximum Gasteiger partial charge on any atom is 0.239 e. The van der Waals surface area contributed by atoms with E-state index in [2.05, 4.69) is 21.2 Å². The van der Waals surface area contributed by atoms with Crippen LogP contribution in [0.1, 0.15) is 12.0 Å². The van der Waals surface area contributed by atoms with Crippen molar-refractivity contribution >= 4 is 43.0 Å². The van der Waals surface area contributed by atoms with E-state index in [1.807, 2.05) is 0 Å². The van der Waals surface area contributed by atoms with Gasteiger partial charge < -0.3 is 25.2 Å². The molecule has 1 saturated heterocycles. The molecule has 0 radical (unpaired) electrons. The molecule has 2 heterocycles. The van der Waals surface area contributed by atoms with Crippen LogP contribution >= 0.6 is 15.9 Å². The van der Waals surface area contributed by atoms with Crippen molar-refractivity contribution in [2.24, 2.45) is 0 Å². The maximum atomic E-state index is 14.3. The van der Waals surface area contributed by atoms with Crippen LogP contribution in [0.3, 0.4) is 0 Å². The Morgan fingerprint density at radius 1 is 1.28 bits per heavy atom. The predicted molar refractivity (Wildman–Crippen MR) is 120 cm³/mol. The molecular formula is C21H22BrFN2O6S. The van der Waals surface area contributed by atoms with E-state index < -0.39 is 39.0 Å². The number of β-amino-alcohol motifs (C(OH)–C–C–N with tert-alkyl or cyclic N) is 1. The summed E-state index contributed by atoms with van der Waals surface area (Å²) in [4.78, 5) is 13.5. The Morgan fingerprint density at radius 2 is 2.06 bits per heavy atom. The first kappa shape index (κ1) is 23.0. The molecule has 0 aromatic heterocycles. The summed E-state index contributed by atoms with van der Waals surface area (Å²) in [5.74, 6) is -1.86. The van der Waals surface area contributed by atoms with Gasteiger partial charge in [0.2, 0.25) is 5.91 Å². The van der Waals surface area contributed by atoms with E-state index in [4.69, 9.17) is 4.74 Å². The van der Waals surface area contributed by atoms with Crippen molar-refractivity contribution in [3.8, 4) is 5.75 Å². The smallest absolute Gasteiger partial charge is 0.239 e. The number of ether oxygens (including phenoxy) is 1. The van der Waals surface area contributed by atoms with Gasteiger partial charge in [-0.05, 0) is 36.8 Å². The number of halogens is 2. The second-order valence-electron chi connectivity index (χ2n) is 8.06. The number of hydrogen-bond acceptors (Lipinski definition) is 7. The van der Waals surface area contributed by atoms with Gasteiger partial charge in [-0.3, -0.25) is 4.79 Å². The third kappa shape index (κ3) is 4.75. The van der Waals surface area contributed by atoms with E-state index in [-0.39, 0.29) is 37.6 Å². The van der Waals surface area contributed by atoms with Gasteiger partial charge in [-0.25, -0.2) is 12.8 Å². The molecule has 4 rings (SSSR count). The van der Waals surface area contributed by atoms with E-state index >= 15 is 0 Å². The fraction of sp³-hybridized carbons (Fsp3) is 0.381. The zero-order chi connectivity index (χ0) is 23.1. The van der Waals surface area contributed by atoms with E-state index in [0.717, 1.165) is 0 Å². The summed E-state index contributed by atoms with van der Waals surface area (Å²) < 4.78 is 45.0. The van der Waals surface area contributed by atoms with E-state index in [9.17, 15) is 27.8 Å². The number of aliphatic hydroxyl groups is 2. The molecule has 0 saturated carbocycles. The normalized spacial score (nSPS) is 24.9. The lowest BCUT2D eigenvalue weighted by molar-refractivity contribution is -0.113. The molecule has 0 unspecified atom stereocenters.